The summed E-state index contributed by atoms with van der Waals surface area (Å²) in [5, 5.41) is 10.1. The van der Waals surface area contributed by atoms with Crippen molar-refractivity contribution in [3.63, 3.8) is 0 Å². The number of aliphatic hydroxyl groups is 1. The first-order chi connectivity index (χ1) is 9.22. The van der Waals surface area contributed by atoms with Crippen molar-refractivity contribution in [1.29, 1.82) is 0 Å². The molecule has 0 aromatic heterocycles. The molecule has 0 amide bonds. The van der Waals surface area contributed by atoms with Gasteiger partial charge in [-0.05, 0) is 18.9 Å². The first kappa shape index (κ1) is 12.9. The van der Waals surface area contributed by atoms with E-state index in [0.29, 0.717) is 19.3 Å². The fourth-order valence-electron chi connectivity index (χ4n) is 2.95. The van der Waals surface area contributed by atoms with Gasteiger partial charge in [-0.1, -0.05) is 18.2 Å². The third kappa shape index (κ3) is 2.90. The Morgan fingerprint density at radius 3 is 2.79 bits per heavy atom. The van der Waals surface area contributed by atoms with E-state index in [4.69, 9.17) is 4.74 Å². The summed E-state index contributed by atoms with van der Waals surface area (Å²) in [6.07, 6.45) is 0.758. The zero-order valence-electron chi connectivity index (χ0n) is 11.0. The Bertz CT molecular complexity index is 432. The summed E-state index contributed by atoms with van der Waals surface area (Å²) in [5.41, 5.74) is 0.876. The Morgan fingerprint density at radius 1 is 1.26 bits per heavy atom. The minimum atomic E-state index is -0.644. The number of likely N-dealkylation sites (tertiary alicyclic amines) is 1. The Kier molecular flexibility index (Phi) is 3.71. The molecule has 1 fully saturated rings. The monoisotopic (exact) mass is 265 g/mol. The van der Waals surface area contributed by atoms with Gasteiger partial charge in [-0.15, -0.1) is 0 Å². The van der Waals surface area contributed by atoms with Crippen molar-refractivity contribution in [2.24, 2.45) is 0 Å². The van der Waals surface area contributed by atoms with Gasteiger partial charge in [-0.3, -0.25) is 4.90 Å². The van der Waals surface area contributed by atoms with Crippen molar-refractivity contribution in [2.45, 2.75) is 37.6 Å². The van der Waals surface area contributed by atoms with Gasteiger partial charge < -0.3 is 9.84 Å². The molecular formula is C15H20FNO2. The molecule has 0 spiro atoms. The van der Waals surface area contributed by atoms with Gasteiger partial charge in [0, 0.05) is 31.6 Å². The highest BCUT2D eigenvalue weighted by Crippen LogP contribution is 2.34. The van der Waals surface area contributed by atoms with Crippen molar-refractivity contribution in [3.8, 4) is 5.75 Å². The number of fused-ring (bicyclic) bond motifs is 1. The second kappa shape index (κ2) is 5.47. The quantitative estimate of drug-likeness (QED) is 0.890. The van der Waals surface area contributed by atoms with Gasteiger partial charge in [0.25, 0.3) is 0 Å². The van der Waals surface area contributed by atoms with Crippen LogP contribution >= 0.6 is 0 Å². The smallest absolute Gasteiger partial charge is 0.125 e. The van der Waals surface area contributed by atoms with Crippen molar-refractivity contribution in [1.82, 2.24) is 4.90 Å². The molecule has 2 aliphatic heterocycles. The maximum atomic E-state index is 13.1. The van der Waals surface area contributed by atoms with Crippen LogP contribution in [0.25, 0.3) is 0 Å². The average molecular weight is 265 g/mol. The first-order valence-electron chi connectivity index (χ1n) is 7.02. The molecule has 0 aliphatic carbocycles. The molecule has 2 heterocycles. The van der Waals surface area contributed by atoms with Gasteiger partial charge >= 0.3 is 0 Å². The molecule has 104 valence electrons. The summed E-state index contributed by atoms with van der Waals surface area (Å²) in [5.74, 6) is 0.784. The second-order valence-corrected chi connectivity index (χ2v) is 5.50. The van der Waals surface area contributed by atoms with E-state index >= 15 is 0 Å². The van der Waals surface area contributed by atoms with Crippen molar-refractivity contribution in [2.75, 3.05) is 19.6 Å². The van der Waals surface area contributed by atoms with E-state index in [-0.39, 0.29) is 6.10 Å². The number of para-hydroxylation sites is 1. The van der Waals surface area contributed by atoms with Crippen molar-refractivity contribution < 1.29 is 14.2 Å². The lowest BCUT2D eigenvalue weighted by Crippen LogP contribution is -2.42. The zero-order valence-corrected chi connectivity index (χ0v) is 11.0. The topological polar surface area (TPSA) is 32.7 Å². The van der Waals surface area contributed by atoms with Gasteiger partial charge in [0.2, 0.25) is 0 Å². The predicted octanol–water partition coefficient (Wildman–Crippen LogP) is 2.31. The zero-order chi connectivity index (χ0) is 13.2. The van der Waals surface area contributed by atoms with E-state index in [2.05, 4.69) is 4.90 Å². The fraction of sp³-hybridized carbons (Fsp3) is 0.600. The molecule has 3 rings (SSSR count). The molecule has 19 heavy (non-hydrogen) atoms. The minimum absolute atomic E-state index is 0.000983. The van der Waals surface area contributed by atoms with Crippen LogP contribution in [0.2, 0.25) is 0 Å². The van der Waals surface area contributed by atoms with Crippen LogP contribution in [-0.4, -0.2) is 41.9 Å². The van der Waals surface area contributed by atoms with Crippen LogP contribution in [0.3, 0.4) is 0 Å². The molecule has 3 nitrogen and oxygen atoms in total. The number of piperidine rings is 1. The molecule has 4 heteroatoms. The van der Waals surface area contributed by atoms with E-state index < -0.39 is 12.3 Å². The molecule has 0 bridgehead atoms. The molecule has 1 aromatic carbocycles. The fourth-order valence-corrected chi connectivity index (χ4v) is 2.95. The number of nitrogens with zero attached hydrogens (tertiary/aromatic N) is 1. The number of hydrogen-bond donors (Lipinski definition) is 1. The van der Waals surface area contributed by atoms with E-state index in [9.17, 15) is 9.50 Å². The predicted molar refractivity (Wildman–Crippen MR) is 71.0 cm³/mol. The Balaban J connectivity index is 1.62. The van der Waals surface area contributed by atoms with Crippen LogP contribution in [-0.2, 0) is 0 Å². The molecule has 2 unspecified atom stereocenters. The Labute approximate surface area is 113 Å². The highest BCUT2D eigenvalue weighted by Gasteiger charge is 2.29. The van der Waals surface area contributed by atoms with Crippen LogP contribution in [0, 0.1) is 0 Å². The maximum Gasteiger partial charge on any atom is 0.125 e. The summed E-state index contributed by atoms with van der Waals surface area (Å²) < 4.78 is 19.0. The summed E-state index contributed by atoms with van der Waals surface area (Å²) >= 11 is 0. The minimum Gasteiger partial charge on any atom is -0.489 e. The molecular weight excluding hydrogens is 245 g/mol. The number of ether oxygens (including phenoxy) is 1. The second-order valence-electron chi connectivity index (χ2n) is 5.50. The van der Waals surface area contributed by atoms with E-state index in [1.54, 1.807) is 0 Å². The lowest BCUT2D eigenvalue weighted by atomic mass is 9.98. The highest BCUT2D eigenvalue weighted by atomic mass is 19.1. The number of alkyl halides is 1. The Morgan fingerprint density at radius 2 is 2.00 bits per heavy atom. The molecule has 1 saturated heterocycles. The lowest BCUT2D eigenvalue weighted by molar-refractivity contribution is 0.0337. The molecule has 1 aromatic rings. The van der Waals surface area contributed by atoms with Crippen molar-refractivity contribution >= 4 is 0 Å². The van der Waals surface area contributed by atoms with E-state index in [0.717, 1.165) is 30.9 Å². The van der Waals surface area contributed by atoms with Crippen LogP contribution in [0.15, 0.2) is 24.3 Å². The third-order valence-corrected chi connectivity index (χ3v) is 4.04. The van der Waals surface area contributed by atoms with Crippen LogP contribution < -0.4 is 4.74 Å². The molecule has 0 radical (unpaired) electrons. The number of rotatable bonds is 2. The summed E-state index contributed by atoms with van der Waals surface area (Å²) in [6, 6.07) is 7.64. The number of hydrogen-bond acceptors (Lipinski definition) is 3. The molecule has 2 aliphatic rings. The van der Waals surface area contributed by atoms with Gasteiger partial charge in [-0.2, -0.15) is 0 Å². The first-order valence-corrected chi connectivity index (χ1v) is 7.02. The van der Waals surface area contributed by atoms with Crippen LogP contribution in [0.4, 0.5) is 4.39 Å². The number of halogens is 1. The van der Waals surface area contributed by atoms with Crippen LogP contribution in [0.5, 0.6) is 5.75 Å². The number of benzene rings is 1. The lowest BCUT2D eigenvalue weighted by Gasteiger charge is -2.35. The summed E-state index contributed by atoms with van der Waals surface area (Å²) in [6.45, 7) is 2.36. The van der Waals surface area contributed by atoms with Crippen LogP contribution in [0.1, 0.15) is 30.9 Å². The maximum absolute atomic E-state index is 13.1. The van der Waals surface area contributed by atoms with Gasteiger partial charge in [0.1, 0.15) is 18.0 Å². The highest BCUT2D eigenvalue weighted by molar-refractivity contribution is 5.36. The number of aliphatic hydroxyl groups excluding tert-OH is 1. The standard InChI is InChI=1S/C15H20FNO2/c16-11-5-7-17(8-6-11)10-12-9-14(18)13-3-1-2-4-15(13)19-12/h1-4,11-12,14,18H,5-10H2. The molecule has 0 saturated carbocycles. The van der Waals surface area contributed by atoms with Gasteiger partial charge in [0.15, 0.2) is 0 Å². The van der Waals surface area contributed by atoms with Gasteiger partial charge in [0.05, 0.1) is 6.10 Å². The van der Waals surface area contributed by atoms with Crippen molar-refractivity contribution in [3.05, 3.63) is 29.8 Å². The SMILES string of the molecule is OC1CC(CN2CCC(F)CC2)Oc2ccccc21. The largest absolute Gasteiger partial charge is 0.489 e. The summed E-state index contributed by atoms with van der Waals surface area (Å²) in [7, 11) is 0. The van der Waals surface area contributed by atoms with E-state index in [1.165, 1.54) is 0 Å². The molecule has 2 atom stereocenters. The summed E-state index contributed by atoms with van der Waals surface area (Å²) in [4.78, 5) is 2.24. The van der Waals surface area contributed by atoms with E-state index in [1.807, 2.05) is 24.3 Å². The average Bonchev–Trinajstić information content (AvgIpc) is 2.42. The third-order valence-electron chi connectivity index (χ3n) is 4.04. The normalized spacial score (nSPS) is 28.7. The van der Waals surface area contributed by atoms with Gasteiger partial charge in [-0.25, -0.2) is 4.39 Å². The molecule has 1 N–H and O–H groups in total. The Hall–Kier alpha value is -1.13.